The largest absolute Gasteiger partial charge is 0.394 e. The fourth-order valence-corrected chi connectivity index (χ4v) is 1.03. The zero-order valence-electron chi connectivity index (χ0n) is 8.33. The summed E-state index contributed by atoms with van der Waals surface area (Å²) in [5.74, 6) is -0.478. The maximum atomic E-state index is 10.7. The van der Waals surface area contributed by atoms with Crippen LogP contribution in [0.3, 0.4) is 0 Å². The van der Waals surface area contributed by atoms with E-state index >= 15 is 0 Å². The molecule has 0 rings (SSSR count). The van der Waals surface area contributed by atoms with Gasteiger partial charge in [-0.15, -0.1) is 0 Å². The number of aliphatic hydroxyl groups excluding tert-OH is 3. The number of amides is 1. The first kappa shape index (κ1) is 14.0. The highest BCUT2D eigenvalue weighted by Crippen LogP contribution is 2.01. The van der Waals surface area contributed by atoms with Gasteiger partial charge in [0.1, 0.15) is 18.4 Å². The molecule has 0 aromatic carbocycles. The molecule has 0 saturated heterocycles. The molecule has 1 amide bonds. The van der Waals surface area contributed by atoms with Crippen LogP contribution in [0.1, 0.15) is 6.92 Å². The molecule has 88 valence electrons. The molecule has 0 heterocycles. The molecule has 0 aromatic rings. The average Bonchev–Trinajstić information content (AvgIpc) is 2.22. The van der Waals surface area contributed by atoms with Crippen LogP contribution in [-0.4, -0.2) is 58.4 Å². The third kappa shape index (κ3) is 4.34. The van der Waals surface area contributed by atoms with Crippen molar-refractivity contribution in [2.75, 3.05) is 6.61 Å². The van der Waals surface area contributed by atoms with Gasteiger partial charge in [0.2, 0.25) is 5.91 Å². The first-order valence-corrected chi connectivity index (χ1v) is 4.39. The van der Waals surface area contributed by atoms with Gasteiger partial charge < -0.3 is 31.2 Å². The summed E-state index contributed by atoms with van der Waals surface area (Å²) in [4.78, 5) is 21.2. The second-order valence-corrected chi connectivity index (χ2v) is 3.18. The fraction of sp³-hybridized carbons (Fsp3) is 0.750. The van der Waals surface area contributed by atoms with Crippen LogP contribution in [-0.2, 0) is 9.59 Å². The smallest absolute Gasteiger partial charge is 0.217 e. The Morgan fingerprint density at radius 2 is 2.07 bits per heavy atom. The number of hydrogen-bond acceptors (Lipinski definition) is 6. The van der Waals surface area contributed by atoms with Crippen LogP contribution < -0.4 is 11.1 Å². The SMILES string of the molecule is CC(=O)NC(C=O)C(N)C(O)C(O)CO. The maximum Gasteiger partial charge on any atom is 0.217 e. The Kier molecular flexibility index (Phi) is 6.02. The summed E-state index contributed by atoms with van der Waals surface area (Å²) in [6.07, 6.45) is -2.58. The molecule has 4 atom stereocenters. The molecular weight excluding hydrogens is 204 g/mol. The lowest BCUT2D eigenvalue weighted by Crippen LogP contribution is -2.57. The molecular formula is C8H16N2O5. The zero-order chi connectivity index (χ0) is 12.0. The van der Waals surface area contributed by atoms with Crippen molar-refractivity contribution in [2.45, 2.75) is 31.2 Å². The van der Waals surface area contributed by atoms with E-state index in [1.807, 2.05) is 0 Å². The minimum atomic E-state index is -1.49. The molecule has 0 aliphatic carbocycles. The van der Waals surface area contributed by atoms with Crippen LogP contribution >= 0.6 is 0 Å². The standard InChI is InChI=1S/C8H16N2O5/c1-4(13)10-5(2-11)7(9)8(15)6(14)3-12/h2,5-8,12,14-15H,3,9H2,1H3,(H,10,13). The van der Waals surface area contributed by atoms with Gasteiger partial charge >= 0.3 is 0 Å². The van der Waals surface area contributed by atoms with Gasteiger partial charge in [-0.2, -0.15) is 0 Å². The van der Waals surface area contributed by atoms with Crippen molar-refractivity contribution < 1.29 is 24.9 Å². The highest BCUT2D eigenvalue weighted by atomic mass is 16.4. The van der Waals surface area contributed by atoms with Gasteiger partial charge in [0.25, 0.3) is 0 Å². The van der Waals surface area contributed by atoms with Gasteiger partial charge in [-0.1, -0.05) is 0 Å². The van der Waals surface area contributed by atoms with E-state index < -0.39 is 36.8 Å². The second kappa shape index (κ2) is 6.46. The summed E-state index contributed by atoms with van der Waals surface area (Å²) in [6, 6.07) is -2.27. The molecule has 7 nitrogen and oxygen atoms in total. The molecule has 7 heteroatoms. The van der Waals surface area contributed by atoms with Crippen molar-refractivity contribution in [1.82, 2.24) is 5.32 Å². The van der Waals surface area contributed by atoms with Gasteiger partial charge in [0.05, 0.1) is 18.8 Å². The molecule has 0 aromatic heterocycles. The van der Waals surface area contributed by atoms with E-state index in [4.69, 9.17) is 15.9 Å². The topological polar surface area (TPSA) is 133 Å². The first-order chi connectivity index (χ1) is 6.93. The fourth-order valence-electron chi connectivity index (χ4n) is 1.03. The van der Waals surface area contributed by atoms with Crippen molar-refractivity contribution in [3.8, 4) is 0 Å². The summed E-state index contributed by atoms with van der Waals surface area (Å²) in [5.41, 5.74) is 5.43. The van der Waals surface area contributed by atoms with E-state index in [0.29, 0.717) is 6.29 Å². The second-order valence-electron chi connectivity index (χ2n) is 3.18. The molecule has 0 fully saturated rings. The Morgan fingerprint density at radius 3 is 2.40 bits per heavy atom. The number of aliphatic hydroxyl groups is 3. The number of carbonyl (C=O) groups is 2. The lowest BCUT2D eigenvalue weighted by atomic mass is 10.00. The number of nitrogens with one attached hydrogen (secondary N) is 1. The van der Waals surface area contributed by atoms with E-state index in [9.17, 15) is 14.7 Å². The third-order valence-corrected chi connectivity index (χ3v) is 1.91. The minimum absolute atomic E-state index is 0.360. The van der Waals surface area contributed by atoms with E-state index in [2.05, 4.69) is 5.32 Å². The van der Waals surface area contributed by atoms with Gasteiger partial charge in [-0.05, 0) is 0 Å². The number of aldehydes is 1. The summed E-state index contributed by atoms with van der Waals surface area (Å²) >= 11 is 0. The molecule has 15 heavy (non-hydrogen) atoms. The molecule has 0 aliphatic rings. The Hall–Kier alpha value is -1.02. The molecule has 6 N–H and O–H groups in total. The van der Waals surface area contributed by atoms with Crippen LogP contribution in [0.2, 0.25) is 0 Å². The van der Waals surface area contributed by atoms with Gasteiger partial charge in [-0.3, -0.25) is 4.79 Å². The predicted octanol–water partition coefficient (Wildman–Crippen LogP) is -3.27. The van der Waals surface area contributed by atoms with Crippen molar-refractivity contribution in [2.24, 2.45) is 5.73 Å². The zero-order valence-corrected chi connectivity index (χ0v) is 8.33. The maximum absolute atomic E-state index is 10.7. The van der Waals surface area contributed by atoms with E-state index in [-0.39, 0.29) is 0 Å². The Labute approximate surface area is 86.9 Å². The Morgan fingerprint density at radius 1 is 1.53 bits per heavy atom. The predicted molar refractivity (Wildman–Crippen MR) is 50.7 cm³/mol. The summed E-state index contributed by atoms with van der Waals surface area (Å²) in [7, 11) is 0. The first-order valence-electron chi connectivity index (χ1n) is 4.39. The highest BCUT2D eigenvalue weighted by molar-refractivity contribution is 5.77. The van der Waals surface area contributed by atoms with Crippen LogP contribution in [0.4, 0.5) is 0 Å². The van der Waals surface area contributed by atoms with Gasteiger partial charge in [-0.25, -0.2) is 0 Å². The summed E-state index contributed by atoms with van der Waals surface area (Å²) in [6.45, 7) is 0.512. The van der Waals surface area contributed by atoms with E-state index in [0.717, 1.165) is 0 Å². The van der Waals surface area contributed by atoms with Crippen LogP contribution in [0.25, 0.3) is 0 Å². The lowest BCUT2D eigenvalue weighted by molar-refractivity contribution is -0.123. The number of hydrogen-bond donors (Lipinski definition) is 5. The van der Waals surface area contributed by atoms with Gasteiger partial charge in [0.15, 0.2) is 0 Å². The summed E-state index contributed by atoms with van der Waals surface area (Å²) < 4.78 is 0. The van der Waals surface area contributed by atoms with Crippen LogP contribution in [0.5, 0.6) is 0 Å². The van der Waals surface area contributed by atoms with Crippen molar-refractivity contribution in [3.63, 3.8) is 0 Å². The molecule has 0 radical (unpaired) electrons. The molecule has 0 spiro atoms. The third-order valence-electron chi connectivity index (χ3n) is 1.91. The molecule has 0 aliphatic heterocycles. The Bertz CT molecular complexity index is 223. The highest BCUT2D eigenvalue weighted by Gasteiger charge is 2.29. The van der Waals surface area contributed by atoms with E-state index in [1.165, 1.54) is 6.92 Å². The van der Waals surface area contributed by atoms with Crippen LogP contribution in [0, 0.1) is 0 Å². The number of nitrogens with two attached hydrogens (primary N) is 1. The number of rotatable bonds is 6. The van der Waals surface area contributed by atoms with Crippen molar-refractivity contribution in [3.05, 3.63) is 0 Å². The summed E-state index contributed by atoms with van der Waals surface area (Å²) in [5, 5.41) is 29.2. The molecule has 4 unspecified atom stereocenters. The van der Waals surface area contributed by atoms with Gasteiger partial charge in [0, 0.05) is 6.92 Å². The Balaban J connectivity index is 4.42. The quantitative estimate of drug-likeness (QED) is 0.298. The normalized spacial score (nSPS) is 18.7. The van der Waals surface area contributed by atoms with Crippen molar-refractivity contribution >= 4 is 12.2 Å². The van der Waals surface area contributed by atoms with Crippen molar-refractivity contribution in [1.29, 1.82) is 0 Å². The molecule has 0 bridgehead atoms. The van der Waals surface area contributed by atoms with E-state index in [1.54, 1.807) is 0 Å². The monoisotopic (exact) mass is 220 g/mol. The lowest BCUT2D eigenvalue weighted by Gasteiger charge is -2.26. The molecule has 0 saturated carbocycles. The van der Waals surface area contributed by atoms with Crippen LogP contribution in [0.15, 0.2) is 0 Å². The number of carbonyl (C=O) groups excluding carboxylic acids is 2. The average molecular weight is 220 g/mol. The minimum Gasteiger partial charge on any atom is -0.394 e.